The Labute approximate surface area is 210 Å². The minimum atomic E-state index is 0.444. The van der Waals surface area contributed by atoms with Crippen LogP contribution >= 0.6 is 34.8 Å². The number of rotatable bonds is 7. The molecule has 33 heavy (non-hydrogen) atoms. The molecule has 0 bridgehead atoms. The predicted molar refractivity (Wildman–Crippen MR) is 146 cm³/mol. The Morgan fingerprint density at radius 1 is 0.939 bits per heavy atom. The van der Waals surface area contributed by atoms with E-state index in [9.17, 15) is 0 Å². The van der Waals surface area contributed by atoms with Gasteiger partial charge in [0.2, 0.25) is 0 Å². The maximum atomic E-state index is 6.22. The summed E-state index contributed by atoms with van der Waals surface area (Å²) >= 11 is 18.4. The van der Waals surface area contributed by atoms with E-state index in [1.54, 1.807) is 6.07 Å². The quantitative estimate of drug-likeness (QED) is 0.205. The zero-order valence-corrected chi connectivity index (χ0v) is 21.1. The van der Waals surface area contributed by atoms with E-state index in [1.807, 2.05) is 30.3 Å². The van der Waals surface area contributed by atoms with Gasteiger partial charge in [-0.3, -0.25) is 0 Å². The van der Waals surface area contributed by atoms with Crippen LogP contribution in [-0.2, 0) is 6.42 Å². The van der Waals surface area contributed by atoms with Gasteiger partial charge in [-0.05, 0) is 48.9 Å². The first-order valence-corrected chi connectivity index (χ1v) is 12.1. The predicted octanol–water partition coefficient (Wildman–Crippen LogP) is 8.39. The summed E-state index contributed by atoms with van der Waals surface area (Å²) in [4.78, 5) is 3.53. The molecule has 1 heterocycles. The number of aromatic amines is 1. The van der Waals surface area contributed by atoms with E-state index in [0.29, 0.717) is 27.4 Å². The molecule has 0 radical (unpaired) electrons. The third-order valence-corrected chi connectivity index (χ3v) is 6.24. The molecule has 3 aromatic carbocycles. The van der Waals surface area contributed by atoms with E-state index in [0.717, 1.165) is 45.2 Å². The summed E-state index contributed by atoms with van der Waals surface area (Å²) in [5.41, 5.74) is 10.7. The molecule has 0 fully saturated rings. The van der Waals surface area contributed by atoms with Gasteiger partial charge in [0.05, 0.1) is 21.4 Å². The van der Waals surface area contributed by atoms with Crippen LogP contribution in [-0.4, -0.2) is 11.5 Å². The van der Waals surface area contributed by atoms with Gasteiger partial charge < -0.3 is 21.4 Å². The number of anilines is 2. The zero-order valence-electron chi connectivity index (χ0n) is 18.9. The molecule has 4 nitrogen and oxygen atoms in total. The molecular formula is C26H29Cl3N4. The lowest BCUT2D eigenvalue weighted by Crippen LogP contribution is -2.21. The van der Waals surface area contributed by atoms with Crippen LogP contribution in [0.15, 0.2) is 60.9 Å². The van der Waals surface area contributed by atoms with Gasteiger partial charge in [-0.15, -0.1) is 0 Å². The number of nitrogens with one attached hydrogen (secondary N) is 3. The molecular weight excluding hydrogens is 475 g/mol. The standard InChI is InChI=1S/C22H19Cl3N4.C4H10/c1-12(26)27-9-8-16-20(28-14-3-5-18(24)19(25)11-14)7-4-15-17-10-13(23)2-6-21(17)29-22(15)16;1-3-4-2/h2-7,10-11,27-29H,1,8-9,26H2;3-4H2,1-2H3. The molecule has 0 spiro atoms. The molecule has 0 unspecified atom stereocenters. The van der Waals surface area contributed by atoms with Gasteiger partial charge in [0, 0.05) is 44.8 Å². The Kier molecular flexibility index (Phi) is 8.79. The van der Waals surface area contributed by atoms with Crippen molar-refractivity contribution in [3.63, 3.8) is 0 Å². The van der Waals surface area contributed by atoms with Crippen molar-refractivity contribution in [1.29, 1.82) is 0 Å². The highest BCUT2D eigenvalue weighted by atomic mass is 35.5. The van der Waals surface area contributed by atoms with Gasteiger partial charge in [0.25, 0.3) is 0 Å². The maximum absolute atomic E-state index is 6.22. The number of halogens is 3. The molecule has 0 aliphatic heterocycles. The molecule has 7 heteroatoms. The van der Waals surface area contributed by atoms with Crippen molar-refractivity contribution in [1.82, 2.24) is 10.3 Å². The molecule has 4 aromatic rings. The number of unbranched alkanes of at least 4 members (excludes halogenated alkanes) is 1. The number of H-pyrrole nitrogens is 1. The number of hydrogen-bond donors (Lipinski definition) is 4. The van der Waals surface area contributed by atoms with Crippen molar-refractivity contribution in [3.05, 3.63) is 81.6 Å². The smallest absolute Gasteiger partial charge is 0.0885 e. The first-order valence-electron chi connectivity index (χ1n) is 11.0. The van der Waals surface area contributed by atoms with Gasteiger partial charge in [0.15, 0.2) is 0 Å². The molecule has 1 aromatic heterocycles. The first-order chi connectivity index (χ1) is 15.8. The van der Waals surface area contributed by atoms with Gasteiger partial charge in [-0.2, -0.15) is 0 Å². The van der Waals surface area contributed by atoms with E-state index < -0.39 is 0 Å². The van der Waals surface area contributed by atoms with Crippen LogP contribution in [0.4, 0.5) is 11.4 Å². The summed E-state index contributed by atoms with van der Waals surface area (Å²) in [6, 6.07) is 15.5. The van der Waals surface area contributed by atoms with Crippen molar-refractivity contribution in [2.75, 3.05) is 11.9 Å². The minimum absolute atomic E-state index is 0.444. The second kappa shape index (κ2) is 11.6. The number of aromatic nitrogens is 1. The second-order valence-electron chi connectivity index (χ2n) is 7.79. The molecule has 0 aliphatic rings. The summed E-state index contributed by atoms with van der Waals surface area (Å²) in [5.74, 6) is 0.444. The Hall–Kier alpha value is -2.53. The van der Waals surface area contributed by atoms with Crippen LogP contribution in [0, 0.1) is 0 Å². The molecule has 5 N–H and O–H groups in total. The van der Waals surface area contributed by atoms with Crippen molar-refractivity contribution in [2.45, 2.75) is 33.1 Å². The fraction of sp³-hybridized carbons (Fsp3) is 0.231. The fourth-order valence-corrected chi connectivity index (χ4v) is 3.92. The van der Waals surface area contributed by atoms with Crippen LogP contribution in [0.25, 0.3) is 21.8 Å². The van der Waals surface area contributed by atoms with Crippen molar-refractivity contribution < 1.29 is 0 Å². The number of fused-ring (bicyclic) bond motifs is 3. The highest BCUT2D eigenvalue weighted by Crippen LogP contribution is 2.35. The van der Waals surface area contributed by atoms with Gasteiger partial charge in [-0.1, -0.05) is 74.1 Å². The highest BCUT2D eigenvalue weighted by molar-refractivity contribution is 6.42. The molecule has 0 saturated carbocycles. The summed E-state index contributed by atoms with van der Waals surface area (Å²) in [5, 5.41) is 10.5. The fourth-order valence-electron chi connectivity index (χ4n) is 3.45. The van der Waals surface area contributed by atoms with E-state index in [2.05, 4.69) is 48.2 Å². The van der Waals surface area contributed by atoms with Crippen LogP contribution in [0.1, 0.15) is 32.3 Å². The van der Waals surface area contributed by atoms with Gasteiger partial charge in [-0.25, -0.2) is 0 Å². The lowest BCUT2D eigenvalue weighted by Gasteiger charge is -2.15. The van der Waals surface area contributed by atoms with E-state index in [4.69, 9.17) is 40.5 Å². The molecule has 0 amide bonds. The topological polar surface area (TPSA) is 65.9 Å². The van der Waals surface area contributed by atoms with E-state index in [-0.39, 0.29) is 0 Å². The van der Waals surface area contributed by atoms with Crippen LogP contribution in [0.2, 0.25) is 15.1 Å². The Morgan fingerprint density at radius 3 is 2.36 bits per heavy atom. The van der Waals surface area contributed by atoms with Crippen LogP contribution in [0.3, 0.4) is 0 Å². The second-order valence-corrected chi connectivity index (χ2v) is 9.04. The SMILES string of the molecule is C=C(N)NCCc1c(Nc2ccc(Cl)c(Cl)c2)ccc2c1[nH]c1ccc(Cl)cc12.CCCC. The molecule has 0 atom stereocenters. The lowest BCUT2D eigenvalue weighted by molar-refractivity contribution is 0.785. The molecule has 174 valence electrons. The Balaban J connectivity index is 0.000000709. The normalized spacial score (nSPS) is 10.7. The average Bonchev–Trinajstić information content (AvgIpc) is 3.15. The zero-order chi connectivity index (χ0) is 24.0. The van der Waals surface area contributed by atoms with Gasteiger partial charge in [0.1, 0.15) is 0 Å². The molecule has 4 rings (SSSR count). The van der Waals surface area contributed by atoms with Crippen molar-refractivity contribution in [3.8, 4) is 0 Å². The van der Waals surface area contributed by atoms with Gasteiger partial charge >= 0.3 is 0 Å². The molecule has 0 saturated heterocycles. The summed E-state index contributed by atoms with van der Waals surface area (Å²) in [7, 11) is 0. The van der Waals surface area contributed by atoms with E-state index in [1.165, 1.54) is 12.8 Å². The number of benzene rings is 3. The maximum Gasteiger partial charge on any atom is 0.0885 e. The van der Waals surface area contributed by atoms with Crippen molar-refractivity contribution >= 4 is 68.0 Å². The van der Waals surface area contributed by atoms with Crippen molar-refractivity contribution in [2.24, 2.45) is 5.73 Å². The van der Waals surface area contributed by atoms with Crippen LogP contribution < -0.4 is 16.4 Å². The average molecular weight is 504 g/mol. The minimum Gasteiger partial charge on any atom is -0.386 e. The number of nitrogens with two attached hydrogens (primary N) is 1. The third kappa shape index (κ3) is 6.29. The van der Waals surface area contributed by atoms with Crippen LogP contribution in [0.5, 0.6) is 0 Å². The summed E-state index contributed by atoms with van der Waals surface area (Å²) < 4.78 is 0. The first kappa shape index (κ1) is 25.1. The molecule has 0 aliphatic carbocycles. The van der Waals surface area contributed by atoms with E-state index >= 15 is 0 Å². The monoisotopic (exact) mass is 502 g/mol. The Bertz CT molecular complexity index is 1260. The number of hydrogen-bond acceptors (Lipinski definition) is 3. The largest absolute Gasteiger partial charge is 0.386 e. The highest BCUT2D eigenvalue weighted by Gasteiger charge is 2.14. The lowest BCUT2D eigenvalue weighted by atomic mass is 10.0. The third-order valence-electron chi connectivity index (χ3n) is 5.27. The summed E-state index contributed by atoms with van der Waals surface area (Å²) in [6.45, 7) is 8.72. The summed E-state index contributed by atoms with van der Waals surface area (Å²) in [6.07, 6.45) is 3.37. The Morgan fingerprint density at radius 2 is 1.70 bits per heavy atom.